The zero-order valence-corrected chi connectivity index (χ0v) is 13.4. The molecule has 2 aromatic heterocycles. The normalized spacial score (nSPS) is 17.6. The van der Waals surface area contributed by atoms with Crippen LogP contribution in [0.1, 0.15) is 34.6 Å². The van der Waals surface area contributed by atoms with Crippen molar-refractivity contribution in [3.05, 3.63) is 34.4 Å². The summed E-state index contributed by atoms with van der Waals surface area (Å²) in [5.74, 6) is -0.716. The number of nitrogens with zero attached hydrogens (tertiary/aromatic N) is 3. The van der Waals surface area contributed by atoms with E-state index in [0.29, 0.717) is 25.1 Å². The molecule has 0 fully saturated rings. The minimum Gasteiger partial charge on any atom is -0.352 e. The fraction of sp³-hybridized carbons (Fsp3) is 0.533. The average Bonchev–Trinajstić information content (AvgIpc) is 3.09. The summed E-state index contributed by atoms with van der Waals surface area (Å²) in [6.45, 7) is 2.21. The van der Waals surface area contributed by atoms with Gasteiger partial charge >= 0.3 is 6.18 Å². The zero-order chi connectivity index (χ0) is 17.5. The summed E-state index contributed by atoms with van der Waals surface area (Å²) in [6, 6.07) is 0. The van der Waals surface area contributed by atoms with Crippen LogP contribution in [-0.4, -0.2) is 25.9 Å². The maximum absolute atomic E-state index is 13.0. The molecule has 24 heavy (non-hydrogen) atoms. The van der Waals surface area contributed by atoms with Crippen LogP contribution in [0.2, 0.25) is 0 Å². The van der Waals surface area contributed by atoms with E-state index in [-0.39, 0.29) is 17.9 Å². The van der Waals surface area contributed by atoms with Gasteiger partial charge in [0.05, 0.1) is 6.20 Å². The number of amides is 1. The molecule has 1 amide bonds. The number of aryl methyl sites for hydroxylation is 2. The molecule has 0 saturated carbocycles. The van der Waals surface area contributed by atoms with Gasteiger partial charge in [-0.15, -0.1) is 0 Å². The molecule has 9 heteroatoms. The summed E-state index contributed by atoms with van der Waals surface area (Å²) >= 11 is 0. The summed E-state index contributed by atoms with van der Waals surface area (Å²) in [7, 11) is 1.81. The lowest BCUT2D eigenvalue weighted by Crippen LogP contribution is -2.34. The Bertz CT molecular complexity index is 762. The Morgan fingerprint density at radius 1 is 1.50 bits per heavy atom. The van der Waals surface area contributed by atoms with E-state index in [2.05, 4.69) is 20.6 Å². The zero-order valence-electron chi connectivity index (χ0n) is 13.4. The third-order valence-corrected chi connectivity index (χ3v) is 4.58. The molecule has 0 radical (unpaired) electrons. The molecule has 1 aliphatic carbocycles. The number of alkyl halides is 3. The molecule has 3 rings (SSSR count). The molecule has 1 aliphatic rings. The first-order valence-electron chi connectivity index (χ1n) is 7.66. The van der Waals surface area contributed by atoms with Crippen LogP contribution in [0.15, 0.2) is 6.20 Å². The number of H-pyrrole nitrogens is 1. The van der Waals surface area contributed by atoms with Crippen LogP contribution in [0.25, 0.3) is 0 Å². The van der Waals surface area contributed by atoms with E-state index in [0.717, 1.165) is 11.3 Å². The van der Waals surface area contributed by atoms with Gasteiger partial charge in [-0.25, -0.2) is 0 Å². The van der Waals surface area contributed by atoms with Crippen molar-refractivity contribution < 1.29 is 18.0 Å². The Morgan fingerprint density at radius 2 is 2.25 bits per heavy atom. The van der Waals surface area contributed by atoms with Gasteiger partial charge in [0.2, 0.25) is 5.91 Å². The lowest BCUT2D eigenvalue weighted by Gasteiger charge is -2.22. The van der Waals surface area contributed by atoms with Gasteiger partial charge in [0.15, 0.2) is 5.69 Å². The fourth-order valence-electron chi connectivity index (χ4n) is 3.00. The molecule has 0 saturated heterocycles. The number of nitrogens with one attached hydrogen (secondary N) is 2. The molecule has 0 unspecified atom stereocenters. The van der Waals surface area contributed by atoms with Crippen LogP contribution in [0.5, 0.6) is 0 Å². The Hall–Kier alpha value is -2.32. The highest BCUT2D eigenvalue weighted by atomic mass is 19.4. The monoisotopic (exact) mass is 341 g/mol. The van der Waals surface area contributed by atoms with Gasteiger partial charge < -0.3 is 5.32 Å². The number of aromatic amines is 1. The number of carbonyl (C=O) groups is 1. The highest BCUT2D eigenvalue weighted by Crippen LogP contribution is 2.36. The minimum atomic E-state index is -4.50. The maximum atomic E-state index is 13.0. The maximum Gasteiger partial charge on any atom is 0.435 e. The Labute approximate surface area is 136 Å². The largest absolute Gasteiger partial charge is 0.435 e. The van der Waals surface area contributed by atoms with Crippen molar-refractivity contribution in [2.45, 2.75) is 38.9 Å². The second-order valence-electron chi connectivity index (χ2n) is 6.06. The third kappa shape index (κ3) is 3.02. The third-order valence-electron chi connectivity index (χ3n) is 4.58. The van der Waals surface area contributed by atoms with E-state index in [4.69, 9.17) is 0 Å². The number of aromatic nitrogens is 4. The van der Waals surface area contributed by atoms with E-state index in [1.807, 2.05) is 6.92 Å². The van der Waals surface area contributed by atoms with Crippen LogP contribution in [0.3, 0.4) is 0 Å². The fourth-order valence-corrected chi connectivity index (χ4v) is 3.00. The van der Waals surface area contributed by atoms with Gasteiger partial charge in [0.25, 0.3) is 0 Å². The molecular formula is C15H18F3N5O. The van der Waals surface area contributed by atoms with Gasteiger partial charge in [0, 0.05) is 42.0 Å². The van der Waals surface area contributed by atoms with Crippen molar-refractivity contribution in [2.75, 3.05) is 0 Å². The predicted octanol–water partition coefficient (Wildman–Crippen LogP) is 1.89. The first kappa shape index (κ1) is 16.5. The standard InChI is InChI=1S/C15H18F3N5O/c1-8-10(7-20-23(8)2)6-19-14(24)9-3-4-12-11(5-9)13(22-21-12)15(16,17)18/h7,9H,3-6H2,1-2H3,(H,19,24)(H,21,22)/t9-/m0/s1. The molecular weight excluding hydrogens is 323 g/mol. The van der Waals surface area contributed by atoms with E-state index < -0.39 is 17.8 Å². The molecule has 6 nitrogen and oxygen atoms in total. The minimum absolute atomic E-state index is 0.0541. The van der Waals surface area contributed by atoms with Crippen LogP contribution < -0.4 is 5.32 Å². The predicted molar refractivity (Wildman–Crippen MR) is 78.9 cm³/mol. The van der Waals surface area contributed by atoms with Gasteiger partial charge in [0.1, 0.15) is 0 Å². The van der Waals surface area contributed by atoms with Crippen LogP contribution in [-0.2, 0) is 37.4 Å². The summed E-state index contributed by atoms with van der Waals surface area (Å²) < 4.78 is 40.6. The Balaban J connectivity index is 1.67. The summed E-state index contributed by atoms with van der Waals surface area (Å²) in [4.78, 5) is 12.3. The van der Waals surface area contributed by atoms with Crippen molar-refractivity contribution in [2.24, 2.45) is 13.0 Å². The van der Waals surface area contributed by atoms with E-state index in [9.17, 15) is 18.0 Å². The molecule has 2 aromatic rings. The van der Waals surface area contributed by atoms with Gasteiger partial charge in [-0.1, -0.05) is 0 Å². The summed E-state index contributed by atoms with van der Waals surface area (Å²) in [6.07, 6.45) is -1.88. The first-order chi connectivity index (χ1) is 11.3. The molecule has 2 N–H and O–H groups in total. The molecule has 1 atom stereocenters. The topological polar surface area (TPSA) is 75.6 Å². The Morgan fingerprint density at radius 3 is 2.88 bits per heavy atom. The number of carbonyl (C=O) groups excluding carboxylic acids is 1. The molecule has 2 heterocycles. The van der Waals surface area contributed by atoms with Crippen molar-refractivity contribution >= 4 is 5.91 Å². The van der Waals surface area contributed by atoms with Crippen molar-refractivity contribution in [3.8, 4) is 0 Å². The molecule has 0 spiro atoms. The number of fused-ring (bicyclic) bond motifs is 1. The van der Waals surface area contributed by atoms with Crippen LogP contribution in [0, 0.1) is 12.8 Å². The average molecular weight is 341 g/mol. The summed E-state index contributed by atoms with van der Waals surface area (Å²) in [5.41, 5.74) is 1.52. The Kier molecular flexibility index (Phi) is 4.10. The lowest BCUT2D eigenvalue weighted by atomic mass is 9.85. The lowest BCUT2D eigenvalue weighted by molar-refractivity contribution is -0.142. The molecule has 0 bridgehead atoms. The SMILES string of the molecule is Cc1c(CNC(=O)[C@H]2CCc3[nH]nc(C(F)(F)F)c3C2)cnn1C. The second-order valence-corrected chi connectivity index (χ2v) is 6.06. The van der Waals surface area contributed by atoms with Gasteiger partial charge in [-0.2, -0.15) is 23.4 Å². The van der Waals surface area contributed by atoms with E-state index in [1.54, 1.807) is 17.9 Å². The summed E-state index contributed by atoms with van der Waals surface area (Å²) in [5, 5.41) is 12.7. The molecule has 0 aromatic carbocycles. The first-order valence-corrected chi connectivity index (χ1v) is 7.66. The quantitative estimate of drug-likeness (QED) is 0.895. The van der Waals surface area contributed by atoms with E-state index in [1.165, 1.54) is 0 Å². The van der Waals surface area contributed by atoms with E-state index >= 15 is 0 Å². The number of rotatable bonds is 3. The number of hydrogen-bond donors (Lipinski definition) is 2. The van der Waals surface area contributed by atoms with Crippen molar-refractivity contribution in [1.82, 2.24) is 25.3 Å². The smallest absolute Gasteiger partial charge is 0.352 e. The second kappa shape index (κ2) is 5.95. The molecule has 130 valence electrons. The van der Waals surface area contributed by atoms with Crippen LogP contribution >= 0.6 is 0 Å². The van der Waals surface area contributed by atoms with Crippen molar-refractivity contribution in [1.29, 1.82) is 0 Å². The highest BCUT2D eigenvalue weighted by Gasteiger charge is 2.40. The van der Waals surface area contributed by atoms with Crippen LogP contribution in [0.4, 0.5) is 13.2 Å². The number of halogens is 3. The number of hydrogen-bond acceptors (Lipinski definition) is 3. The van der Waals surface area contributed by atoms with Gasteiger partial charge in [-0.05, 0) is 26.2 Å². The highest BCUT2D eigenvalue weighted by molar-refractivity contribution is 5.79. The van der Waals surface area contributed by atoms with Crippen molar-refractivity contribution in [3.63, 3.8) is 0 Å². The molecule has 0 aliphatic heterocycles. The van der Waals surface area contributed by atoms with Gasteiger partial charge in [-0.3, -0.25) is 14.6 Å².